The van der Waals surface area contributed by atoms with Crippen molar-refractivity contribution in [2.75, 3.05) is 26.4 Å². The highest BCUT2D eigenvalue weighted by molar-refractivity contribution is 7.53. The van der Waals surface area contributed by atoms with E-state index in [1.54, 1.807) is 46.0 Å². The summed E-state index contributed by atoms with van der Waals surface area (Å²) < 4.78 is 46.1. The molecule has 24 heavy (non-hydrogen) atoms. The molecule has 1 heterocycles. The lowest BCUT2D eigenvalue weighted by atomic mass is 10.3. The van der Waals surface area contributed by atoms with Crippen molar-refractivity contribution in [3.05, 3.63) is 29.6 Å². The van der Waals surface area contributed by atoms with Gasteiger partial charge in [0.25, 0.3) is 0 Å². The minimum absolute atomic E-state index is 0.101. The maximum Gasteiger partial charge on any atom is 0.336 e. The Bertz CT molecular complexity index is 507. The van der Waals surface area contributed by atoms with Crippen LogP contribution in [0.4, 0.5) is 0 Å². The van der Waals surface area contributed by atoms with Crippen LogP contribution in [0.15, 0.2) is 18.3 Å². The lowest BCUT2D eigenvalue weighted by molar-refractivity contribution is 0.217. The van der Waals surface area contributed by atoms with Gasteiger partial charge in [0.05, 0.1) is 44.4 Å². The maximum absolute atomic E-state index is 12.5. The van der Waals surface area contributed by atoms with Crippen LogP contribution in [0.2, 0.25) is 0 Å². The van der Waals surface area contributed by atoms with Gasteiger partial charge < -0.3 is 18.1 Å². The van der Waals surface area contributed by atoms with Gasteiger partial charge in [0.1, 0.15) is 0 Å². The van der Waals surface area contributed by atoms with Crippen molar-refractivity contribution in [1.29, 1.82) is 0 Å². The van der Waals surface area contributed by atoms with E-state index in [0.29, 0.717) is 32.1 Å². The van der Waals surface area contributed by atoms with Gasteiger partial charge in [0.2, 0.25) is 0 Å². The Kier molecular flexibility index (Phi) is 9.35. The lowest BCUT2D eigenvalue weighted by Gasteiger charge is -2.18. The van der Waals surface area contributed by atoms with Crippen LogP contribution >= 0.6 is 15.2 Å². The Labute approximate surface area is 144 Å². The zero-order valence-electron chi connectivity index (χ0n) is 14.8. The molecule has 0 bridgehead atoms. The van der Waals surface area contributed by atoms with E-state index >= 15 is 0 Å². The Morgan fingerprint density at radius 1 is 0.792 bits per heavy atom. The third-order valence-electron chi connectivity index (χ3n) is 2.92. The molecule has 0 aliphatic heterocycles. The standard InChI is InChI=1S/C15H27NO6P2/c1-5-19-23(17,20-6-2)12-14-9-10-15(16-11-14)13-24(18,21-7-3)22-8-4/h9-11H,5-8,12-13H2,1-4H3. The third kappa shape index (κ3) is 7.14. The van der Waals surface area contributed by atoms with Crippen molar-refractivity contribution >= 4 is 15.2 Å². The molecule has 7 nitrogen and oxygen atoms in total. The first-order chi connectivity index (χ1) is 11.4. The summed E-state index contributed by atoms with van der Waals surface area (Å²) in [6, 6.07) is 3.50. The molecule has 0 radical (unpaired) electrons. The number of pyridine rings is 1. The van der Waals surface area contributed by atoms with Gasteiger partial charge in [-0.2, -0.15) is 0 Å². The largest absolute Gasteiger partial charge is 0.336 e. The summed E-state index contributed by atoms with van der Waals surface area (Å²) in [5.74, 6) is 0. The van der Waals surface area contributed by atoms with E-state index in [4.69, 9.17) is 18.1 Å². The number of hydrogen-bond acceptors (Lipinski definition) is 7. The van der Waals surface area contributed by atoms with Crippen molar-refractivity contribution in [3.8, 4) is 0 Å². The van der Waals surface area contributed by atoms with Gasteiger partial charge in [-0.25, -0.2) is 0 Å². The SMILES string of the molecule is CCOP(=O)(Cc1ccc(CP(=O)(OCC)OCC)nc1)OCC. The van der Waals surface area contributed by atoms with Crippen molar-refractivity contribution in [1.82, 2.24) is 4.98 Å². The minimum atomic E-state index is -3.19. The molecule has 1 aromatic rings. The van der Waals surface area contributed by atoms with Crippen LogP contribution in [0, 0.1) is 0 Å². The normalized spacial score (nSPS) is 12.5. The summed E-state index contributed by atoms with van der Waals surface area (Å²) in [6.45, 7) is 8.31. The monoisotopic (exact) mass is 379 g/mol. The summed E-state index contributed by atoms with van der Waals surface area (Å²) >= 11 is 0. The molecular formula is C15H27NO6P2. The Hall–Kier alpha value is -0.550. The first kappa shape index (κ1) is 21.5. The average molecular weight is 379 g/mol. The quantitative estimate of drug-likeness (QED) is 0.490. The molecule has 1 aromatic heterocycles. The summed E-state index contributed by atoms with van der Waals surface area (Å²) in [4.78, 5) is 4.27. The first-order valence-corrected chi connectivity index (χ1v) is 11.6. The molecule has 0 aliphatic rings. The van der Waals surface area contributed by atoms with E-state index in [0.717, 1.165) is 5.56 Å². The van der Waals surface area contributed by atoms with Crippen LogP contribution in [0.25, 0.3) is 0 Å². The van der Waals surface area contributed by atoms with Gasteiger partial charge in [-0.15, -0.1) is 0 Å². The van der Waals surface area contributed by atoms with E-state index in [2.05, 4.69) is 4.98 Å². The van der Waals surface area contributed by atoms with Gasteiger partial charge >= 0.3 is 15.2 Å². The van der Waals surface area contributed by atoms with Gasteiger partial charge in [0, 0.05) is 6.20 Å². The Balaban J connectivity index is 2.81. The van der Waals surface area contributed by atoms with E-state index in [-0.39, 0.29) is 12.3 Å². The third-order valence-corrected chi connectivity index (χ3v) is 6.99. The second kappa shape index (κ2) is 10.4. The van der Waals surface area contributed by atoms with Crippen LogP contribution in [-0.4, -0.2) is 31.4 Å². The van der Waals surface area contributed by atoms with E-state index in [1.165, 1.54) is 0 Å². The fraction of sp³-hybridized carbons (Fsp3) is 0.667. The molecule has 138 valence electrons. The summed E-state index contributed by atoms with van der Waals surface area (Å²) in [6.07, 6.45) is 1.84. The molecule has 0 atom stereocenters. The molecule has 9 heteroatoms. The van der Waals surface area contributed by atoms with E-state index < -0.39 is 15.2 Å². The van der Waals surface area contributed by atoms with Crippen molar-refractivity contribution < 1.29 is 27.2 Å². The van der Waals surface area contributed by atoms with E-state index in [9.17, 15) is 9.13 Å². The highest BCUT2D eigenvalue weighted by atomic mass is 31.2. The number of aromatic nitrogens is 1. The fourth-order valence-corrected chi connectivity index (χ4v) is 5.41. The Morgan fingerprint density at radius 2 is 1.25 bits per heavy atom. The van der Waals surface area contributed by atoms with Crippen LogP contribution in [-0.2, 0) is 39.5 Å². The minimum Gasteiger partial charge on any atom is -0.309 e. The van der Waals surface area contributed by atoms with Crippen molar-refractivity contribution in [2.45, 2.75) is 40.0 Å². The summed E-state index contributed by atoms with van der Waals surface area (Å²) in [5.41, 5.74) is 1.32. The molecule has 0 N–H and O–H groups in total. The van der Waals surface area contributed by atoms with Crippen LogP contribution in [0.5, 0.6) is 0 Å². The zero-order valence-corrected chi connectivity index (χ0v) is 16.6. The number of hydrogen-bond donors (Lipinski definition) is 0. The molecule has 0 aliphatic carbocycles. The highest BCUT2D eigenvalue weighted by Crippen LogP contribution is 2.52. The molecule has 0 fully saturated rings. The molecule has 0 saturated heterocycles. The summed E-state index contributed by atoms with van der Waals surface area (Å²) in [5, 5.41) is 0. The molecule has 0 amide bonds. The molecule has 0 saturated carbocycles. The van der Waals surface area contributed by atoms with E-state index in [1.807, 2.05) is 0 Å². The summed E-state index contributed by atoms with van der Waals surface area (Å²) in [7, 11) is -6.35. The van der Waals surface area contributed by atoms with Gasteiger partial charge in [-0.1, -0.05) is 6.07 Å². The average Bonchev–Trinajstić information content (AvgIpc) is 2.50. The van der Waals surface area contributed by atoms with Crippen molar-refractivity contribution in [3.63, 3.8) is 0 Å². The predicted molar refractivity (Wildman–Crippen MR) is 93.4 cm³/mol. The topological polar surface area (TPSA) is 84.0 Å². The number of nitrogens with zero attached hydrogens (tertiary/aromatic N) is 1. The Morgan fingerprint density at radius 3 is 1.62 bits per heavy atom. The lowest BCUT2D eigenvalue weighted by Crippen LogP contribution is -2.02. The van der Waals surface area contributed by atoms with Gasteiger partial charge in [-0.05, 0) is 39.3 Å². The molecule has 0 unspecified atom stereocenters. The molecule has 0 spiro atoms. The van der Waals surface area contributed by atoms with Crippen molar-refractivity contribution in [2.24, 2.45) is 0 Å². The smallest absolute Gasteiger partial charge is 0.309 e. The van der Waals surface area contributed by atoms with Gasteiger partial charge in [0.15, 0.2) is 0 Å². The maximum atomic E-state index is 12.5. The predicted octanol–water partition coefficient (Wildman–Crippen LogP) is 4.61. The fourth-order valence-electron chi connectivity index (χ4n) is 2.11. The molecule has 0 aromatic carbocycles. The molecular weight excluding hydrogens is 352 g/mol. The second-order valence-electron chi connectivity index (χ2n) is 4.87. The van der Waals surface area contributed by atoms with Crippen LogP contribution in [0.3, 0.4) is 0 Å². The zero-order chi connectivity index (χ0) is 18.1. The first-order valence-electron chi connectivity index (χ1n) is 8.10. The van der Waals surface area contributed by atoms with Crippen LogP contribution in [0.1, 0.15) is 39.0 Å². The number of rotatable bonds is 12. The van der Waals surface area contributed by atoms with Crippen LogP contribution < -0.4 is 0 Å². The second-order valence-corrected chi connectivity index (χ2v) is 8.98. The highest BCUT2D eigenvalue weighted by Gasteiger charge is 2.26. The molecule has 1 rings (SSSR count). The van der Waals surface area contributed by atoms with Gasteiger partial charge in [-0.3, -0.25) is 14.1 Å².